The van der Waals surface area contributed by atoms with Crippen LogP contribution in [0, 0.1) is 30.1 Å². The van der Waals surface area contributed by atoms with E-state index >= 15 is 0 Å². The fourth-order valence-corrected chi connectivity index (χ4v) is 5.89. The van der Waals surface area contributed by atoms with E-state index in [1.165, 1.54) is 38.5 Å². The molecule has 2 amide bonds. The normalized spacial score (nSPS) is 32.4. The predicted molar refractivity (Wildman–Crippen MR) is 95.8 cm³/mol. The topological polar surface area (TPSA) is 71.1 Å². The minimum Gasteiger partial charge on any atom is -0.347 e. The Balaban J connectivity index is 1.27. The zero-order valence-electron chi connectivity index (χ0n) is 14.9. The van der Waals surface area contributed by atoms with Crippen LogP contribution in [0.4, 0.5) is 5.82 Å². The summed E-state index contributed by atoms with van der Waals surface area (Å²) in [6.07, 6.45) is 8.38. The number of hydrogen-bond donors (Lipinski definition) is 2. The zero-order chi connectivity index (χ0) is 17.4. The first-order valence-electron chi connectivity index (χ1n) is 9.50. The van der Waals surface area contributed by atoms with Gasteiger partial charge in [-0.3, -0.25) is 9.59 Å². The van der Waals surface area contributed by atoms with Crippen LogP contribution in [0.25, 0.3) is 0 Å². The Morgan fingerprint density at radius 2 is 1.72 bits per heavy atom. The first-order chi connectivity index (χ1) is 12.0. The minimum atomic E-state index is -0.225. The lowest BCUT2D eigenvalue weighted by Crippen LogP contribution is -2.48. The van der Waals surface area contributed by atoms with Crippen molar-refractivity contribution in [1.29, 1.82) is 0 Å². The highest BCUT2D eigenvalue weighted by atomic mass is 16.2. The molecule has 134 valence electrons. The number of carbonyl (C=O) groups excluding carboxylic acids is 2. The van der Waals surface area contributed by atoms with Crippen molar-refractivity contribution in [2.45, 2.75) is 51.9 Å². The lowest BCUT2D eigenvalue weighted by atomic mass is 9.49. The Morgan fingerprint density at radius 3 is 2.32 bits per heavy atom. The van der Waals surface area contributed by atoms with Crippen LogP contribution >= 0.6 is 0 Å². The summed E-state index contributed by atoms with van der Waals surface area (Å²) < 4.78 is 0. The van der Waals surface area contributed by atoms with E-state index in [0.29, 0.717) is 12.2 Å². The minimum absolute atomic E-state index is 0.0147. The van der Waals surface area contributed by atoms with Gasteiger partial charge in [0.15, 0.2) is 0 Å². The van der Waals surface area contributed by atoms with E-state index in [9.17, 15) is 9.59 Å². The van der Waals surface area contributed by atoms with Crippen molar-refractivity contribution in [2.75, 3.05) is 11.9 Å². The average Bonchev–Trinajstić information content (AvgIpc) is 2.51. The molecule has 5 heteroatoms. The fourth-order valence-electron chi connectivity index (χ4n) is 5.89. The van der Waals surface area contributed by atoms with Gasteiger partial charge in [0.25, 0.3) is 0 Å². The summed E-state index contributed by atoms with van der Waals surface area (Å²) in [5.41, 5.74) is 1.07. The highest BCUT2D eigenvalue weighted by Crippen LogP contribution is 2.61. The van der Waals surface area contributed by atoms with Gasteiger partial charge in [0.05, 0.1) is 6.54 Å². The van der Waals surface area contributed by atoms with Crippen molar-refractivity contribution in [2.24, 2.45) is 23.2 Å². The van der Waals surface area contributed by atoms with Crippen LogP contribution in [0.2, 0.25) is 0 Å². The number of aromatic nitrogens is 1. The highest BCUT2D eigenvalue weighted by molar-refractivity contribution is 5.93. The van der Waals surface area contributed by atoms with Crippen LogP contribution in [-0.2, 0) is 9.59 Å². The van der Waals surface area contributed by atoms with Crippen molar-refractivity contribution in [3.05, 3.63) is 23.9 Å². The zero-order valence-corrected chi connectivity index (χ0v) is 14.9. The molecule has 0 radical (unpaired) electrons. The lowest BCUT2D eigenvalue weighted by molar-refractivity contribution is -0.131. The molecule has 4 aliphatic rings. The fraction of sp³-hybridized carbons (Fsp3) is 0.650. The summed E-state index contributed by atoms with van der Waals surface area (Å²) in [6.45, 7) is 1.89. The molecular formula is C20H27N3O2. The summed E-state index contributed by atoms with van der Waals surface area (Å²) in [5.74, 6) is 2.85. The number of carbonyl (C=O) groups is 2. The van der Waals surface area contributed by atoms with Gasteiger partial charge in [-0.15, -0.1) is 0 Å². The van der Waals surface area contributed by atoms with Gasteiger partial charge in [0, 0.05) is 12.1 Å². The maximum Gasteiger partial charge on any atom is 0.244 e. The third-order valence-electron chi connectivity index (χ3n) is 6.30. The van der Waals surface area contributed by atoms with Crippen molar-refractivity contribution in [1.82, 2.24) is 10.3 Å². The summed E-state index contributed by atoms with van der Waals surface area (Å²) in [7, 11) is 0. The third-order valence-corrected chi connectivity index (χ3v) is 6.30. The SMILES string of the molecule is Cc1cccc(NC(=O)CNC(=O)CC23CC4CC(CC(C4)C2)C3)n1. The van der Waals surface area contributed by atoms with E-state index < -0.39 is 0 Å². The van der Waals surface area contributed by atoms with E-state index in [1.54, 1.807) is 6.07 Å². The average molecular weight is 341 g/mol. The van der Waals surface area contributed by atoms with Crippen LogP contribution in [0.5, 0.6) is 0 Å². The Labute approximate surface area is 149 Å². The Morgan fingerprint density at radius 1 is 1.08 bits per heavy atom. The quantitative estimate of drug-likeness (QED) is 0.865. The summed E-state index contributed by atoms with van der Waals surface area (Å²) >= 11 is 0. The van der Waals surface area contributed by atoms with Crippen LogP contribution < -0.4 is 10.6 Å². The molecule has 5 nitrogen and oxygen atoms in total. The molecule has 0 saturated heterocycles. The van der Waals surface area contributed by atoms with Crippen molar-refractivity contribution in [3.8, 4) is 0 Å². The van der Waals surface area contributed by atoms with Crippen LogP contribution in [0.15, 0.2) is 18.2 Å². The second kappa shape index (κ2) is 6.43. The van der Waals surface area contributed by atoms with E-state index in [-0.39, 0.29) is 23.8 Å². The standard InChI is InChI=1S/C20H27N3O2/c1-13-3-2-4-17(22-13)23-19(25)12-21-18(24)11-20-8-14-5-15(9-20)7-16(6-14)10-20/h2-4,14-16H,5-12H2,1H3,(H,21,24)(H,22,23,25). The number of hydrogen-bond acceptors (Lipinski definition) is 3. The Bertz CT molecular complexity index is 650. The number of amides is 2. The molecule has 4 aliphatic carbocycles. The van der Waals surface area contributed by atoms with Gasteiger partial charge in [0.2, 0.25) is 11.8 Å². The van der Waals surface area contributed by atoms with Crippen molar-refractivity contribution in [3.63, 3.8) is 0 Å². The molecule has 5 rings (SSSR count). The van der Waals surface area contributed by atoms with Crippen LogP contribution in [0.1, 0.15) is 50.6 Å². The number of nitrogens with zero attached hydrogens (tertiary/aromatic N) is 1. The molecule has 1 aromatic heterocycles. The predicted octanol–water partition coefficient (Wildman–Crippen LogP) is 3.05. The Hall–Kier alpha value is -1.91. The van der Waals surface area contributed by atoms with Crippen LogP contribution in [0.3, 0.4) is 0 Å². The molecule has 1 aromatic rings. The van der Waals surface area contributed by atoms with Crippen LogP contribution in [-0.4, -0.2) is 23.3 Å². The number of nitrogens with one attached hydrogen (secondary N) is 2. The smallest absolute Gasteiger partial charge is 0.244 e. The summed E-state index contributed by atoms with van der Waals surface area (Å²) in [5, 5.41) is 5.55. The lowest BCUT2D eigenvalue weighted by Gasteiger charge is -2.56. The summed E-state index contributed by atoms with van der Waals surface area (Å²) in [6, 6.07) is 5.48. The van der Waals surface area contributed by atoms with E-state index in [1.807, 2.05) is 19.1 Å². The molecule has 0 spiro atoms. The van der Waals surface area contributed by atoms with Gasteiger partial charge in [-0.1, -0.05) is 6.07 Å². The van der Waals surface area contributed by atoms with Gasteiger partial charge < -0.3 is 10.6 Å². The number of rotatable bonds is 5. The Kier molecular flexibility index (Phi) is 4.26. The van der Waals surface area contributed by atoms with Gasteiger partial charge in [0.1, 0.15) is 5.82 Å². The molecule has 0 aromatic carbocycles. The number of pyridine rings is 1. The molecule has 0 aliphatic heterocycles. The maximum atomic E-state index is 12.4. The van der Waals surface area contributed by atoms with E-state index in [2.05, 4.69) is 15.6 Å². The molecule has 4 fully saturated rings. The first kappa shape index (κ1) is 16.6. The van der Waals surface area contributed by atoms with Gasteiger partial charge >= 0.3 is 0 Å². The van der Waals surface area contributed by atoms with Crippen molar-refractivity contribution < 1.29 is 9.59 Å². The number of anilines is 1. The molecular weight excluding hydrogens is 314 g/mol. The van der Waals surface area contributed by atoms with Gasteiger partial charge in [-0.2, -0.15) is 0 Å². The molecule has 0 atom stereocenters. The molecule has 4 saturated carbocycles. The second-order valence-electron chi connectivity index (χ2n) is 8.58. The molecule has 0 unspecified atom stereocenters. The van der Waals surface area contributed by atoms with Gasteiger partial charge in [-0.25, -0.2) is 4.98 Å². The monoisotopic (exact) mass is 341 g/mol. The highest BCUT2D eigenvalue weighted by Gasteiger charge is 2.51. The third kappa shape index (κ3) is 3.70. The first-order valence-corrected chi connectivity index (χ1v) is 9.50. The molecule has 2 N–H and O–H groups in total. The molecule has 1 heterocycles. The van der Waals surface area contributed by atoms with Gasteiger partial charge in [-0.05, 0) is 80.8 Å². The van der Waals surface area contributed by atoms with E-state index in [0.717, 1.165) is 23.4 Å². The largest absolute Gasteiger partial charge is 0.347 e. The van der Waals surface area contributed by atoms with E-state index in [4.69, 9.17) is 0 Å². The maximum absolute atomic E-state index is 12.4. The van der Waals surface area contributed by atoms with Crippen molar-refractivity contribution >= 4 is 17.6 Å². The molecule has 25 heavy (non-hydrogen) atoms. The summed E-state index contributed by atoms with van der Waals surface area (Å²) in [4.78, 5) is 28.7. The number of aryl methyl sites for hydroxylation is 1. The molecule has 4 bridgehead atoms. The second-order valence-corrected chi connectivity index (χ2v) is 8.58.